The number of pyridine rings is 1. The number of likely N-dealkylation sites (N-methyl/N-ethyl adjacent to an activating group) is 1. The highest BCUT2D eigenvalue weighted by molar-refractivity contribution is 6.02. The highest BCUT2D eigenvalue weighted by atomic mass is 19.1. The normalized spacial score (nSPS) is 15.3. The molecule has 3 rings (SSSR count). The zero-order valence-corrected chi connectivity index (χ0v) is 17.6. The molecule has 0 bridgehead atoms. The third kappa shape index (κ3) is 4.51. The molecule has 1 atom stereocenters. The van der Waals surface area contributed by atoms with E-state index in [9.17, 15) is 19.2 Å². The van der Waals surface area contributed by atoms with Crippen molar-refractivity contribution < 1.29 is 33.0 Å². The standard InChI is InChI=1S/C21H21FN4O6/c1-11(27)25(3)19-10-32-21(30)26(19)14-4-5-15(17(22)7-14)13-6-16(20(23)24-8-13)18(29)9-31-12(2)28/h4-8,19H,9-10H2,1-3H3,(H2,23,24)/t19-/m0/s1. The highest BCUT2D eigenvalue weighted by Crippen LogP contribution is 2.31. The Morgan fingerprint density at radius 1 is 1.31 bits per heavy atom. The van der Waals surface area contributed by atoms with E-state index in [0.717, 1.165) is 13.0 Å². The van der Waals surface area contributed by atoms with Crippen LogP contribution in [0.5, 0.6) is 0 Å². The van der Waals surface area contributed by atoms with E-state index in [-0.39, 0.29) is 40.7 Å². The number of amides is 2. The largest absolute Gasteiger partial charge is 0.457 e. The molecule has 0 saturated carbocycles. The lowest BCUT2D eigenvalue weighted by molar-refractivity contribution is -0.139. The number of benzene rings is 1. The molecular formula is C21H21FN4O6. The minimum Gasteiger partial charge on any atom is -0.457 e. The van der Waals surface area contributed by atoms with E-state index >= 15 is 4.39 Å². The molecular weight excluding hydrogens is 423 g/mol. The molecule has 1 aliphatic rings. The smallest absolute Gasteiger partial charge is 0.416 e. The second kappa shape index (κ2) is 9.00. The quantitative estimate of drug-likeness (QED) is 0.528. The van der Waals surface area contributed by atoms with Gasteiger partial charge in [0.05, 0.1) is 11.3 Å². The molecule has 2 N–H and O–H groups in total. The molecule has 2 amide bonds. The summed E-state index contributed by atoms with van der Waals surface area (Å²) < 4.78 is 24.7. The second-order valence-electron chi connectivity index (χ2n) is 7.08. The Hall–Kier alpha value is -4.02. The molecule has 168 valence electrons. The lowest BCUT2D eigenvalue weighted by Gasteiger charge is -2.29. The molecule has 1 aromatic heterocycles. The van der Waals surface area contributed by atoms with Gasteiger partial charge in [0.2, 0.25) is 11.7 Å². The van der Waals surface area contributed by atoms with Crippen molar-refractivity contribution in [1.82, 2.24) is 9.88 Å². The van der Waals surface area contributed by atoms with Crippen LogP contribution in [0.15, 0.2) is 30.5 Å². The number of halogens is 1. The van der Waals surface area contributed by atoms with Crippen LogP contribution in [0.4, 0.5) is 20.7 Å². The van der Waals surface area contributed by atoms with E-state index in [1.807, 2.05) is 0 Å². The fourth-order valence-corrected chi connectivity index (χ4v) is 3.16. The van der Waals surface area contributed by atoms with Gasteiger partial charge in [0, 0.05) is 38.2 Å². The van der Waals surface area contributed by atoms with Gasteiger partial charge in [-0.1, -0.05) is 0 Å². The topological polar surface area (TPSA) is 132 Å². The van der Waals surface area contributed by atoms with Crippen molar-refractivity contribution >= 4 is 35.3 Å². The van der Waals surface area contributed by atoms with Gasteiger partial charge >= 0.3 is 12.1 Å². The molecule has 10 nitrogen and oxygen atoms in total. The SMILES string of the molecule is CC(=O)OCC(=O)c1cc(-c2ccc(N3C(=O)OC[C@H]3N(C)C(C)=O)cc2F)cnc1N. The fraction of sp³-hybridized carbons (Fsp3) is 0.286. The Morgan fingerprint density at radius 3 is 2.66 bits per heavy atom. The number of cyclic esters (lactones) is 1. The van der Waals surface area contributed by atoms with Crippen LogP contribution in [0.25, 0.3) is 11.1 Å². The molecule has 1 aromatic carbocycles. The van der Waals surface area contributed by atoms with Crippen molar-refractivity contribution in [2.75, 3.05) is 30.9 Å². The monoisotopic (exact) mass is 444 g/mol. The second-order valence-corrected chi connectivity index (χ2v) is 7.08. The number of carbonyl (C=O) groups excluding carboxylic acids is 4. The van der Waals surface area contributed by atoms with Crippen LogP contribution in [0, 0.1) is 5.82 Å². The first-order valence-corrected chi connectivity index (χ1v) is 9.51. The summed E-state index contributed by atoms with van der Waals surface area (Å²) in [4.78, 5) is 53.5. The first-order valence-electron chi connectivity index (χ1n) is 9.51. The number of rotatable bonds is 6. The van der Waals surface area contributed by atoms with Crippen LogP contribution in [-0.4, -0.2) is 60.1 Å². The van der Waals surface area contributed by atoms with Gasteiger partial charge in [-0.05, 0) is 24.3 Å². The van der Waals surface area contributed by atoms with Crippen molar-refractivity contribution in [3.63, 3.8) is 0 Å². The van der Waals surface area contributed by atoms with Crippen LogP contribution in [0.3, 0.4) is 0 Å². The molecule has 2 aromatic rings. The molecule has 0 radical (unpaired) electrons. The van der Waals surface area contributed by atoms with Crippen LogP contribution < -0.4 is 10.6 Å². The lowest BCUT2D eigenvalue weighted by atomic mass is 10.0. The van der Waals surface area contributed by atoms with Gasteiger partial charge in [0.1, 0.15) is 24.4 Å². The van der Waals surface area contributed by atoms with Crippen molar-refractivity contribution in [2.45, 2.75) is 20.0 Å². The van der Waals surface area contributed by atoms with Gasteiger partial charge in [-0.2, -0.15) is 0 Å². The zero-order chi connectivity index (χ0) is 23.6. The van der Waals surface area contributed by atoms with Gasteiger partial charge in [-0.25, -0.2) is 14.2 Å². The summed E-state index contributed by atoms with van der Waals surface area (Å²) >= 11 is 0. The number of Topliss-reactive ketones (excluding diaryl/α,β-unsaturated/α-hetero) is 1. The average molecular weight is 444 g/mol. The van der Waals surface area contributed by atoms with Gasteiger partial charge in [0.25, 0.3) is 0 Å². The Balaban J connectivity index is 1.92. The summed E-state index contributed by atoms with van der Waals surface area (Å²) in [6.07, 6.45) is -0.122. The van der Waals surface area contributed by atoms with Crippen molar-refractivity contribution in [2.24, 2.45) is 0 Å². The predicted molar refractivity (Wildman–Crippen MR) is 111 cm³/mol. The van der Waals surface area contributed by atoms with Gasteiger partial charge in [-0.3, -0.25) is 19.3 Å². The maximum absolute atomic E-state index is 15.0. The number of carbonyl (C=O) groups is 4. The maximum Gasteiger partial charge on any atom is 0.416 e. The van der Waals surface area contributed by atoms with Crippen molar-refractivity contribution in [3.8, 4) is 11.1 Å². The predicted octanol–water partition coefficient (Wildman–Crippen LogP) is 1.98. The molecule has 32 heavy (non-hydrogen) atoms. The summed E-state index contributed by atoms with van der Waals surface area (Å²) in [6, 6.07) is 5.37. The summed E-state index contributed by atoms with van der Waals surface area (Å²) in [5.74, 6) is -2.28. The van der Waals surface area contributed by atoms with E-state index in [1.54, 1.807) is 0 Å². The van der Waals surface area contributed by atoms with Crippen molar-refractivity contribution in [3.05, 3.63) is 41.8 Å². The number of anilines is 2. The molecule has 1 fully saturated rings. The lowest BCUT2D eigenvalue weighted by Crippen LogP contribution is -2.47. The number of nitrogens with two attached hydrogens (primary N) is 1. The van der Waals surface area contributed by atoms with Crippen LogP contribution in [0.1, 0.15) is 24.2 Å². The van der Waals surface area contributed by atoms with Crippen LogP contribution in [0.2, 0.25) is 0 Å². The molecule has 0 unspecified atom stereocenters. The minimum atomic E-state index is -0.714. The number of aromatic nitrogens is 1. The number of nitrogens with zero attached hydrogens (tertiary/aromatic N) is 3. The molecule has 0 aliphatic carbocycles. The van der Waals surface area contributed by atoms with Gasteiger partial charge in [-0.15, -0.1) is 0 Å². The number of ketones is 1. The average Bonchev–Trinajstić information content (AvgIpc) is 3.13. The Morgan fingerprint density at radius 2 is 2.03 bits per heavy atom. The van der Waals surface area contributed by atoms with E-state index in [1.165, 1.54) is 48.2 Å². The number of hydrogen-bond acceptors (Lipinski definition) is 8. The Bertz CT molecular complexity index is 1110. The highest BCUT2D eigenvalue weighted by Gasteiger charge is 2.38. The summed E-state index contributed by atoms with van der Waals surface area (Å²) in [5, 5.41) is 0. The first-order chi connectivity index (χ1) is 15.1. The zero-order valence-electron chi connectivity index (χ0n) is 17.6. The Kier molecular flexibility index (Phi) is 6.37. The number of esters is 1. The summed E-state index contributed by atoms with van der Waals surface area (Å²) in [5.41, 5.74) is 6.29. The molecule has 2 heterocycles. The van der Waals surface area contributed by atoms with Gasteiger partial charge < -0.3 is 20.1 Å². The number of nitrogen functional groups attached to an aromatic ring is 1. The van der Waals surface area contributed by atoms with E-state index in [4.69, 9.17) is 10.5 Å². The maximum atomic E-state index is 15.0. The Labute approximate surface area is 182 Å². The third-order valence-electron chi connectivity index (χ3n) is 4.96. The molecule has 1 saturated heterocycles. The summed E-state index contributed by atoms with van der Waals surface area (Å²) in [6.45, 7) is 1.94. The van der Waals surface area contributed by atoms with Crippen LogP contribution in [-0.2, 0) is 19.1 Å². The van der Waals surface area contributed by atoms with Crippen LogP contribution >= 0.6 is 0 Å². The fourth-order valence-electron chi connectivity index (χ4n) is 3.16. The molecule has 1 aliphatic heterocycles. The number of ether oxygens (including phenoxy) is 2. The summed E-state index contributed by atoms with van der Waals surface area (Å²) in [7, 11) is 1.51. The molecule has 11 heteroatoms. The number of hydrogen-bond donors (Lipinski definition) is 1. The van der Waals surface area contributed by atoms with E-state index in [2.05, 4.69) is 9.72 Å². The van der Waals surface area contributed by atoms with E-state index < -0.39 is 36.4 Å². The molecule has 0 spiro atoms. The van der Waals surface area contributed by atoms with E-state index in [0.29, 0.717) is 0 Å². The van der Waals surface area contributed by atoms with Gasteiger partial charge in [0.15, 0.2) is 6.61 Å². The third-order valence-corrected chi connectivity index (χ3v) is 4.96. The minimum absolute atomic E-state index is 0.0153. The first kappa shape index (κ1) is 22.7. The van der Waals surface area contributed by atoms with Crippen molar-refractivity contribution in [1.29, 1.82) is 0 Å².